The van der Waals surface area contributed by atoms with E-state index in [-0.39, 0.29) is 34.2 Å². The molecule has 10 atom stereocenters. The SMILES string of the molecule is Nc1nc2c(ncn2[C@@H]2O[C@@H](CO[P@@](=O)(O)OP(=O)(O)O[P@](=O)(O)OC[C@@H]3O[C@@H](n4cnc5c(=O)[nH]c(N)nc54)[C@H](O)[C@H]3O)[C@H](O)[C@H]2O)c(=O)[nH]1. The molecule has 2 aliphatic heterocycles. The summed E-state index contributed by atoms with van der Waals surface area (Å²) < 4.78 is 67.4. The van der Waals surface area contributed by atoms with Crippen LogP contribution in [-0.2, 0) is 40.8 Å². The van der Waals surface area contributed by atoms with Gasteiger partial charge in [-0.1, -0.05) is 0 Å². The van der Waals surface area contributed by atoms with Crippen LogP contribution >= 0.6 is 23.5 Å². The molecule has 31 heteroatoms. The van der Waals surface area contributed by atoms with Crippen molar-refractivity contribution in [1.29, 1.82) is 0 Å². The van der Waals surface area contributed by atoms with E-state index in [9.17, 15) is 58.4 Å². The Morgan fingerprint density at radius 2 is 1.06 bits per heavy atom. The molecule has 0 saturated carbocycles. The number of hydrogen-bond donors (Lipinski definition) is 11. The fourth-order valence-corrected chi connectivity index (χ4v) is 8.63. The molecule has 0 aromatic carbocycles. The summed E-state index contributed by atoms with van der Waals surface area (Å²) in [5.74, 6) is -0.622. The number of aliphatic hydroxyl groups excluding tert-OH is 4. The molecule has 0 radical (unpaired) electrons. The average molecular weight is 788 g/mol. The number of H-pyrrole nitrogens is 2. The highest BCUT2D eigenvalue weighted by atomic mass is 31.3. The number of phosphoric acid groups is 3. The summed E-state index contributed by atoms with van der Waals surface area (Å²) in [7, 11) is -17.4. The van der Waals surface area contributed by atoms with Crippen molar-refractivity contribution in [3.63, 3.8) is 0 Å². The van der Waals surface area contributed by atoms with Crippen LogP contribution in [0.5, 0.6) is 0 Å². The Hall–Kier alpha value is -3.53. The number of phosphoric ester groups is 2. The Balaban J connectivity index is 1.04. The van der Waals surface area contributed by atoms with Crippen LogP contribution in [-0.4, -0.2) is 124 Å². The van der Waals surface area contributed by atoms with E-state index in [2.05, 4.69) is 47.6 Å². The normalized spacial score (nSPS) is 29.5. The molecule has 0 unspecified atom stereocenters. The van der Waals surface area contributed by atoms with E-state index in [0.29, 0.717) is 0 Å². The Kier molecular flexibility index (Phi) is 9.83. The Bertz CT molecular complexity index is 2080. The van der Waals surface area contributed by atoms with Crippen LogP contribution in [0.25, 0.3) is 22.3 Å². The second-order valence-electron chi connectivity index (χ2n) is 10.8. The summed E-state index contributed by atoms with van der Waals surface area (Å²) in [5, 5.41) is 41.8. The molecular formula is C20H27N10O18P3. The third-order valence-corrected chi connectivity index (χ3v) is 11.6. The zero-order valence-electron chi connectivity index (χ0n) is 25.0. The molecule has 280 valence electrons. The van der Waals surface area contributed by atoms with Gasteiger partial charge in [0.05, 0.1) is 25.9 Å². The van der Waals surface area contributed by atoms with Gasteiger partial charge >= 0.3 is 23.5 Å². The predicted octanol–water partition coefficient (Wildman–Crippen LogP) is -3.98. The van der Waals surface area contributed by atoms with Gasteiger partial charge in [0.25, 0.3) is 11.1 Å². The maximum Gasteiger partial charge on any atom is 0.490 e. The maximum absolute atomic E-state index is 12.4. The Morgan fingerprint density at radius 1 is 0.686 bits per heavy atom. The first-order chi connectivity index (χ1) is 23.8. The van der Waals surface area contributed by atoms with Gasteiger partial charge in [0.2, 0.25) is 11.9 Å². The van der Waals surface area contributed by atoms with Gasteiger partial charge in [-0.15, -0.1) is 0 Å². The second-order valence-corrected chi connectivity index (χ2v) is 15.4. The highest BCUT2D eigenvalue weighted by Gasteiger charge is 2.49. The summed E-state index contributed by atoms with van der Waals surface area (Å²) in [6.45, 7) is -2.19. The lowest BCUT2D eigenvalue weighted by Crippen LogP contribution is -2.33. The van der Waals surface area contributed by atoms with Gasteiger partial charge < -0.3 is 56.0 Å². The summed E-state index contributed by atoms with van der Waals surface area (Å²) in [6, 6.07) is 0. The fraction of sp³-hybridized carbons (Fsp3) is 0.500. The number of ether oxygens (including phenoxy) is 2. The lowest BCUT2D eigenvalue weighted by atomic mass is 10.1. The minimum atomic E-state index is -6.00. The molecule has 0 bridgehead atoms. The van der Waals surface area contributed by atoms with Gasteiger partial charge in [-0.3, -0.25) is 37.7 Å². The summed E-state index contributed by atoms with van der Waals surface area (Å²) >= 11 is 0. The van der Waals surface area contributed by atoms with Crippen LogP contribution < -0.4 is 22.6 Å². The number of anilines is 2. The topological polar surface area (TPSA) is 427 Å². The molecule has 2 fully saturated rings. The number of imidazole rings is 2. The standard InChI is InChI=1S/C20H27N10O18P3/c21-19-25-13-7(15(35)27-19)23-3-29(13)17-11(33)9(31)5(45-17)1-43-49(37,38)47-51(41,42)48-50(39,40)44-2-6-10(32)12(34)18(46-6)30-4-24-8-14(30)26-20(22)28-16(8)36/h3-6,9-12,17-18,31-34H,1-2H2,(H,37,38)(H,39,40)(H,41,42)(H3,21,25,27,35)(H3,22,26,28,36)/t5-,6-,9-,10-,11+,12+,17+,18+/m0/s1. The minimum absolute atomic E-state index is 0.156. The van der Waals surface area contributed by atoms with Crippen molar-refractivity contribution in [2.75, 3.05) is 24.7 Å². The van der Waals surface area contributed by atoms with Crippen LogP contribution in [0.4, 0.5) is 11.9 Å². The van der Waals surface area contributed by atoms with Crippen LogP contribution in [0.1, 0.15) is 12.5 Å². The van der Waals surface area contributed by atoms with Crippen molar-refractivity contribution in [2.45, 2.75) is 49.1 Å². The number of fused-ring (bicyclic) bond motifs is 2. The first-order valence-electron chi connectivity index (χ1n) is 13.9. The number of aliphatic hydroxyl groups is 4. The Morgan fingerprint density at radius 3 is 1.43 bits per heavy atom. The van der Waals surface area contributed by atoms with Crippen LogP contribution in [0, 0.1) is 0 Å². The van der Waals surface area contributed by atoms with Crippen molar-refractivity contribution >= 4 is 57.7 Å². The highest BCUT2D eigenvalue weighted by Crippen LogP contribution is 2.67. The fourth-order valence-electron chi connectivity index (χ4n) is 5.11. The zero-order valence-corrected chi connectivity index (χ0v) is 27.7. The third kappa shape index (κ3) is 7.53. The van der Waals surface area contributed by atoms with Crippen molar-refractivity contribution in [3.05, 3.63) is 33.4 Å². The monoisotopic (exact) mass is 788 g/mol. The molecule has 6 rings (SSSR count). The maximum atomic E-state index is 12.4. The zero-order chi connectivity index (χ0) is 37.2. The molecule has 13 N–H and O–H groups in total. The molecule has 4 aromatic rings. The van der Waals surface area contributed by atoms with Gasteiger partial charge in [-0.2, -0.15) is 18.6 Å². The third-order valence-electron chi connectivity index (χ3n) is 7.34. The van der Waals surface area contributed by atoms with Crippen LogP contribution in [0.3, 0.4) is 0 Å². The molecule has 4 aromatic heterocycles. The number of nitrogens with two attached hydrogens (primary N) is 2. The number of hydrogen-bond acceptors (Lipinski definition) is 21. The average Bonchev–Trinajstić information content (AvgIpc) is 3.76. The number of nitrogens with zero attached hydrogens (tertiary/aromatic N) is 6. The number of nitrogens with one attached hydrogen (secondary N) is 2. The molecule has 2 aliphatic rings. The summed E-state index contributed by atoms with van der Waals surface area (Å²) in [4.78, 5) is 73.8. The molecule has 2 saturated heterocycles. The molecule has 6 heterocycles. The quantitative estimate of drug-likeness (QED) is 0.0610. The number of rotatable bonds is 12. The van der Waals surface area contributed by atoms with E-state index in [1.54, 1.807) is 0 Å². The predicted molar refractivity (Wildman–Crippen MR) is 161 cm³/mol. The minimum Gasteiger partial charge on any atom is -0.387 e. The number of aromatic nitrogens is 8. The van der Waals surface area contributed by atoms with Crippen LogP contribution in [0.15, 0.2) is 22.2 Å². The van der Waals surface area contributed by atoms with E-state index < -0.39 is 96.9 Å². The van der Waals surface area contributed by atoms with Crippen molar-refractivity contribution < 1.29 is 75.9 Å². The number of aromatic amines is 2. The van der Waals surface area contributed by atoms with Crippen molar-refractivity contribution in [2.24, 2.45) is 0 Å². The molecule has 0 amide bonds. The molecule has 28 nitrogen and oxygen atoms in total. The summed E-state index contributed by atoms with van der Waals surface area (Å²) in [6.07, 6.45) is -11.3. The van der Waals surface area contributed by atoms with Gasteiger partial charge in [0, 0.05) is 0 Å². The largest absolute Gasteiger partial charge is 0.490 e. The van der Waals surface area contributed by atoms with Gasteiger partial charge in [-0.05, 0) is 0 Å². The van der Waals surface area contributed by atoms with E-state index >= 15 is 0 Å². The second kappa shape index (κ2) is 13.5. The molecule has 51 heavy (non-hydrogen) atoms. The van der Waals surface area contributed by atoms with Crippen molar-refractivity contribution in [1.82, 2.24) is 39.0 Å². The van der Waals surface area contributed by atoms with E-state index in [4.69, 9.17) is 20.9 Å². The van der Waals surface area contributed by atoms with Crippen molar-refractivity contribution in [3.8, 4) is 0 Å². The highest BCUT2D eigenvalue weighted by molar-refractivity contribution is 7.66. The van der Waals surface area contributed by atoms with E-state index in [1.165, 1.54) is 0 Å². The molecular weight excluding hydrogens is 761 g/mol. The smallest absolute Gasteiger partial charge is 0.387 e. The van der Waals surface area contributed by atoms with Gasteiger partial charge in [-0.25, -0.2) is 23.7 Å². The molecule has 0 spiro atoms. The first-order valence-corrected chi connectivity index (χ1v) is 18.4. The Labute approximate surface area is 280 Å². The lowest BCUT2D eigenvalue weighted by Gasteiger charge is -2.21. The lowest BCUT2D eigenvalue weighted by molar-refractivity contribution is -0.0510. The van der Waals surface area contributed by atoms with Gasteiger partial charge in [0.15, 0.2) is 34.8 Å². The molecule has 0 aliphatic carbocycles. The van der Waals surface area contributed by atoms with Gasteiger partial charge in [0.1, 0.15) is 36.6 Å². The van der Waals surface area contributed by atoms with E-state index in [0.717, 1.165) is 21.8 Å². The number of nitrogen functional groups attached to an aromatic ring is 2. The summed E-state index contributed by atoms with van der Waals surface area (Å²) in [5.41, 5.74) is 8.90. The van der Waals surface area contributed by atoms with E-state index in [1.807, 2.05) is 0 Å². The first kappa shape index (κ1) is 37.2. The van der Waals surface area contributed by atoms with Crippen LogP contribution in [0.2, 0.25) is 0 Å².